The molecule has 1 aromatic heterocycles. The van der Waals surface area contributed by atoms with Crippen LogP contribution in [0, 0.1) is 0 Å². The van der Waals surface area contributed by atoms with Gasteiger partial charge in [0.15, 0.2) is 11.5 Å². The van der Waals surface area contributed by atoms with Gasteiger partial charge in [-0.25, -0.2) is 8.78 Å². The van der Waals surface area contributed by atoms with Crippen LogP contribution >= 0.6 is 0 Å². The number of nitrogens with two attached hydrogens (primary N) is 1. The molecule has 3 N–H and O–H groups in total. The van der Waals surface area contributed by atoms with Gasteiger partial charge in [-0.1, -0.05) is 0 Å². The van der Waals surface area contributed by atoms with Gasteiger partial charge in [0.05, 0.1) is 5.69 Å². The highest BCUT2D eigenvalue weighted by atomic mass is 19.3. The van der Waals surface area contributed by atoms with Gasteiger partial charge in [-0.05, 0) is 12.1 Å². The maximum atomic E-state index is 12.9. The molecule has 0 amide bonds. The third kappa shape index (κ3) is 2.07. The van der Waals surface area contributed by atoms with Crippen molar-refractivity contribution in [2.45, 2.75) is 6.43 Å². The van der Waals surface area contributed by atoms with E-state index in [-0.39, 0.29) is 11.4 Å². The summed E-state index contributed by atoms with van der Waals surface area (Å²) in [6.45, 7) is 0.710. The Balaban J connectivity index is 2.18. The number of anilines is 1. The van der Waals surface area contributed by atoms with Crippen LogP contribution in [0.25, 0.3) is 11.3 Å². The number of fused-ring (bicyclic) bond motifs is 1. The largest absolute Gasteiger partial charge is 0.486 e. The Morgan fingerprint density at radius 3 is 2.68 bits per heavy atom. The number of hydrogen-bond donors (Lipinski definition) is 2. The number of aromatic amines is 1. The molecule has 2 heterocycles. The lowest BCUT2D eigenvalue weighted by Gasteiger charge is -2.21. The Morgan fingerprint density at radius 1 is 1.21 bits per heavy atom. The summed E-state index contributed by atoms with van der Waals surface area (Å²) >= 11 is 0. The summed E-state index contributed by atoms with van der Waals surface area (Å²) in [5.41, 5.74) is 6.38. The highest BCUT2D eigenvalue weighted by Crippen LogP contribution is 2.42. The number of aromatic nitrogens is 2. The van der Waals surface area contributed by atoms with Crippen LogP contribution in [0.3, 0.4) is 0 Å². The predicted octanol–water partition coefficient (Wildman–Crippen LogP) is 2.37. The van der Waals surface area contributed by atoms with Gasteiger partial charge in [-0.2, -0.15) is 5.10 Å². The van der Waals surface area contributed by atoms with E-state index < -0.39 is 6.43 Å². The zero-order chi connectivity index (χ0) is 13.4. The molecule has 0 radical (unpaired) electrons. The summed E-state index contributed by atoms with van der Waals surface area (Å²) in [5.74, 6) is 1.02. The average Bonchev–Trinajstić information content (AvgIpc) is 2.84. The molecule has 100 valence electrons. The smallest absolute Gasteiger partial charge is 0.264 e. The van der Waals surface area contributed by atoms with Crippen molar-refractivity contribution in [3.8, 4) is 22.8 Å². The molecule has 0 atom stereocenters. The van der Waals surface area contributed by atoms with Crippen LogP contribution in [0.1, 0.15) is 12.0 Å². The molecule has 3 rings (SSSR count). The summed E-state index contributed by atoms with van der Waals surface area (Å²) in [7, 11) is 0. The van der Waals surface area contributed by atoms with Crippen molar-refractivity contribution >= 4 is 5.82 Å². The van der Waals surface area contributed by atoms with Gasteiger partial charge in [0.1, 0.15) is 19.0 Å². The van der Waals surface area contributed by atoms with Gasteiger partial charge in [0.2, 0.25) is 0 Å². The maximum absolute atomic E-state index is 12.9. The summed E-state index contributed by atoms with van der Waals surface area (Å²) in [5, 5.41) is 6.47. The first-order valence-electron chi connectivity index (χ1n) is 5.68. The first-order valence-corrected chi connectivity index (χ1v) is 5.68. The lowest BCUT2D eigenvalue weighted by atomic mass is 10.1. The molecule has 1 aliphatic rings. The lowest BCUT2D eigenvalue weighted by molar-refractivity contribution is 0.147. The number of H-pyrrole nitrogens is 1. The molecular weight excluding hydrogens is 256 g/mol. The Morgan fingerprint density at radius 2 is 2.00 bits per heavy atom. The molecule has 0 fully saturated rings. The van der Waals surface area contributed by atoms with Crippen molar-refractivity contribution < 1.29 is 18.3 Å². The fourth-order valence-electron chi connectivity index (χ4n) is 1.98. The average molecular weight is 267 g/mol. The number of rotatable bonds is 2. The summed E-state index contributed by atoms with van der Waals surface area (Å²) in [6, 6.07) is 4.20. The van der Waals surface area contributed by atoms with Crippen LogP contribution in [-0.2, 0) is 0 Å². The molecule has 19 heavy (non-hydrogen) atoms. The first-order chi connectivity index (χ1) is 9.15. The number of alkyl halides is 2. The zero-order valence-electron chi connectivity index (χ0n) is 9.82. The lowest BCUT2D eigenvalue weighted by Crippen LogP contribution is -2.16. The van der Waals surface area contributed by atoms with Crippen molar-refractivity contribution in [1.29, 1.82) is 0 Å². The third-order valence-electron chi connectivity index (χ3n) is 2.80. The first kappa shape index (κ1) is 11.8. The van der Waals surface area contributed by atoms with E-state index >= 15 is 0 Å². The van der Waals surface area contributed by atoms with Crippen molar-refractivity contribution in [2.75, 3.05) is 18.9 Å². The molecular formula is C12H11F2N3O2. The Labute approximate surface area is 107 Å². The van der Waals surface area contributed by atoms with Gasteiger partial charge in [0.25, 0.3) is 6.43 Å². The van der Waals surface area contributed by atoms with Crippen LogP contribution in [0.4, 0.5) is 14.6 Å². The van der Waals surface area contributed by atoms with Crippen LogP contribution in [0.15, 0.2) is 18.2 Å². The number of benzene rings is 1. The summed E-state index contributed by atoms with van der Waals surface area (Å²) < 4.78 is 36.6. The molecule has 0 bridgehead atoms. The van der Waals surface area contributed by atoms with Crippen LogP contribution < -0.4 is 15.2 Å². The predicted molar refractivity (Wildman–Crippen MR) is 64.4 cm³/mol. The molecule has 0 saturated heterocycles. The highest BCUT2D eigenvalue weighted by Gasteiger charge is 2.22. The minimum absolute atomic E-state index is 0.132. The normalized spacial score (nSPS) is 13.8. The van der Waals surface area contributed by atoms with Gasteiger partial charge in [-0.15, -0.1) is 0 Å². The third-order valence-corrected chi connectivity index (χ3v) is 2.80. The number of nitrogen functional groups attached to an aromatic ring is 1. The minimum atomic E-state index is -2.59. The van der Waals surface area contributed by atoms with Crippen LogP contribution in [-0.4, -0.2) is 23.4 Å². The minimum Gasteiger partial charge on any atom is -0.486 e. The monoisotopic (exact) mass is 267 g/mol. The van der Waals surface area contributed by atoms with Gasteiger partial charge >= 0.3 is 0 Å². The standard InChI is InChI=1S/C12H11F2N3O2/c13-12(14)6-3-7(8-5-10(15)17-16-8)11-9(4-6)18-1-2-19-11/h3-5,12H,1-2H2,(H3,15,16,17). The maximum Gasteiger partial charge on any atom is 0.264 e. The van der Waals surface area contributed by atoms with Crippen molar-refractivity contribution in [3.63, 3.8) is 0 Å². The van der Waals surface area contributed by atoms with Gasteiger partial charge in [0, 0.05) is 17.2 Å². The molecule has 0 spiro atoms. The van der Waals surface area contributed by atoms with E-state index in [2.05, 4.69) is 10.2 Å². The van der Waals surface area contributed by atoms with E-state index in [0.717, 1.165) is 0 Å². The quantitative estimate of drug-likeness (QED) is 0.876. The van der Waals surface area contributed by atoms with Crippen molar-refractivity contribution in [2.24, 2.45) is 0 Å². The van der Waals surface area contributed by atoms with E-state index in [4.69, 9.17) is 15.2 Å². The number of halogens is 2. The van der Waals surface area contributed by atoms with E-state index in [1.807, 2.05) is 0 Å². The fraction of sp³-hybridized carbons (Fsp3) is 0.250. The Bertz CT molecular complexity index is 613. The second-order valence-corrected chi connectivity index (χ2v) is 4.10. The number of nitrogens with zero attached hydrogens (tertiary/aromatic N) is 1. The SMILES string of the molecule is Nc1cc(-c2cc(C(F)F)cc3c2OCCO3)[nH]n1. The van der Waals surface area contributed by atoms with E-state index in [1.54, 1.807) is 6.07 Å². The van der Waals surface area contributed by atoms with E-state index in [9.17, 15) is 8.78 Å². The molecule has 1 aromatic carbocycles. The fourth-order valence-corrected chi connectivity index (χ4v) is 1.98. The Hall–Kier alpha value is -2.31. The zero-order valence-corrected chi connectivity index (χ0v) is 9.82. The molecule has 5 nitrogen and oxygen atoms in total. The number of ether oxygens (including phenoxy) is 2. The van der Waals surface area contributed by atoms with E-state index in [1.165, 1.54) is 12.1 Å². The van der Waals surface area contributed by atoms with Crippen LogP contribution in [0.5, 0.6) is 11.5 Å². The van der Waals surface area contributed by atoms with Gasteiger partial charge in [-0.3, -0.25) is 5.10 Å². The van der Waals surface area contributed by atoms with Gasteiger partial charge < -0.3 is 15.2 Å². The molecule has 0 aliphatic carbocycles. The summed E-state index contributed by atoms with van der Waals surface area (Å²) in [4.78, 5) is 0. The molecule has 1 aliphatic heterocycles. The molecule has 0 unspecified atom stereocenters. The topological polar surface area (TPSA) is 73.2 Å². The number of hydrogen-bond acceptors (Lipinski definition) is 4. The summed E-state index contributed by atoms with van der Waals surface area (Å²) in [6.07, 6.45) is -2.59. The Kier molecular flexibility index (Phi) is 2.73. The second kappa shape index (κ2) is 4.42. The van der Waals surface area contributed by atoms with Crippen LogP contribution in [0.2, 0.25) is 0 Å². The molecule has 2 aromatic rings. The number of nitrogens with one attached hydrogen (secondary N) is 1. The molecule has 7 heteroatoms. The van der Waals surface area contributed by atoms with Crippen molar-refractivity contribution in [1.82, 2.24) is 10.2 Å². The van der Waals surface area contributed by atoms with E-state index in [0.29, 0.717) is 36.0 Å². The highest BCUT2D eigenvalue weighted by molar-refractivity contribution is 5.74. The molecule has 0 saturated carbocycles. The van der Waals surface area contributed by atoms with Crippen molar-refractivity contribution in [3.05, 3.63) is 23.8 Å². The second-order valence-electron chi connectivity index (χ2n) is 4.10.